The van der Waals surface area contributed by atoms with E-state index in [4.69, 9.17) is 0 Å². The predicted molar refractivity (Wildman–Crippen MR) is 124 cm³/mol. The number of thioether (sulfide) groups is 1. The molecule has 30 heavy (non-hydrogen) atoms. The van der Waals surface area contributed by atoms with Crippen molar-refractivity contribution in [1.29, 1.82) is 0 Å². The van der Waals surface area contributed by atoms with Crippen LogP contribution >= 0.6 is 11.8 Å². The summed E-state index contributed by atoms with van der Waals surface area (Å²) in [5.74, 6) is 0.465. The molecule has 3 rings (SSSR count). The van der Waals surface area contributed by atoms with E-state index in [0.717, 1.165) is 16.2 Å². The first-order chi connectivity index (χ1) is 14.4. The summed E-state index contributed by atoms with van der Waals surface area (Å²) < 4.78 is 27.9. The van der Waals surface area contributed by atoms with E-state index in [1.807, 2.05) is 50.2 Å². The van der Waals surface area contributed by atoms with Crippen molar-refractivity contribution in [2.75, 3.05) is 21.9 Å². The van der Waals surface area contributed by atoms with Crippen LogP contribution in [0.2, 0.25) is 0 Å². The maximum absolute atomic E-state index is 13.4. The lowest BCUT2D eigenvalue weighted by molar-refractivity contribution is -0.114. The minimum absolute atomic E-state index is 0.142. The minimum atomic E-state index is -3.92. The molecule has 156 valence electrons. The fourth-order valence-corrected chi connectivity index (χ4v) is 5.30. The largest absolute Gasteiger partial charge is 0.323 e. The van der Waals surface area contributed by atoms with Gasteiger partial charge in [-0.25, -0.2) is 8.42 Å². The minimum Gasteiger partial charge on any atom is -0.323 e. The van der Waals surface area contributed by atoms with Gasteiger partial charge in [0.2, 0.25) is 5.91 Å². The second-order valence-corrected chi connectivity index (χ2v) is 9.76. The molecule has 0 radical (unpaired) electrons. The number of hydrogen-bond donors (Lipinski definition) is 1. The Balaban J connectivity index is 1.94. The third kappa shape index (κ3) is 5.04. The molecule has 0 saturated carbocycles. The third-order valence-corrected chi connectivity index (χ3v) is 7.19. The Labute approximate surface area is 182 Å². The molecular weight excluding hydrogens is 416 g/mol. The molecule has 0 aliphatic heterocycles. The highest BCUT2D eigenvalue weighted by molar-refractivity contribution is 7.99. The number of carbonyl (C=O) groups excluding carboxylic acids is 1. The lowest BCUT2D eigenvalue weighted by Crippen LogP contribution is -2.38. The Kier molecular flexibility index (Phi) is 7.18. The van der Waals surface area contributed by atoms with Crippen molar-refractivity contribution in [3.63, 3.8) is 0 Å². The molecule has 5 nitrogen and oxygen atoms in total. The van der Waals surface area contributed by atoms with Gasteiger partial charge in [0.25, 0.3) is 10.0 Å². The molecule has 3 aromatic rings. The molecule has 0 heterocycles. The molecule has 0 aromatic heterocycles. The van der Waals surface area contributed by atoms with Crippen LogP contribution < -0.4 is 9.62 Å². The van der Waals surface area contributed by atoms with Crippen LogP contribution in [0.1, 0.15) is 12.5 Å². The fraction of sp³-hybridized carbons (Fsp3) is 0.174. The SMILES string of the molecule is CCSc1ccccc1NC(=O)CN(c1ccccc1C)S(=O)(=O)c1ccccc1. The summed E-state index contributed by atoms with van der Waals surface area (Å²) in [6, 6.07) is 22.8. The van der Waals surface area contributed by atoms with E-state index in [9.17, 15) is 13.2 Å². The molecule has 0 aliphatic carbocycles. The number of anilines is 2. The Morgan fingerprint density at radius 1 is 0.933 bits per heavy atom. The van der Waals surface area contributed by atoms with E-state index < -0.39 is 15.9 Å². The van der Waals surface area contributed by atoms with E-state index in [1.165, 1.54) is 16.4 Å². The number of amides is 1. The van der Waals surface area contributed by atoms with Gasteiger partial charge in [0.15, 0.2) is 0 Å². The first-order valence-electron chi connectivity index (χ1n) is 9.58. The van der Waals surface area contributed by atoms with Gasteiger partial charge >= 0.3 is 0 Å². The van der Waals surface area contributed by atoms with Gasteiger partial charge in [0, 0.05) is 4.90 Å². The maximum atomic E-state index is 13.4. The van der Waals surface area contributed by atoms with Crippen LogP contribution in [0.15, 0.2) is 88.7 Å². The third-order valence-electron chi connectivity index (χ3n) is 4.46. The van der Waals surface area contributed by atoms with E-state index in [2.05, 4.69) is 5.32 Å². The van der Waals surface area contributed by atoms with Gasteiger partial charge in [-0.2, -0.15) is 0 Å². The van der Waals surface area contributed by atoms with Crippen LogP contribution in [0.4, 0.5) is 11.4 Å². The molecule has 7 heteroatoms. The molecule has 0 fully saturated rings. The molecule has 0 aliphatic rings. The number of aryl methyl sites for hydroxylation is 1. The summed E-state index contributed by atoms with van der Waals surface area (Å²) in [7, 11) is -3.92. The van der Waals surface area contributed by atoms with Crippen LogP contribution in [-0.2, 0) is 14.8 Å². The van der Waals surface area contributed by atoms with Gasteiger partial charge in [-0.05, 0) is 48.6 Å². The zero-order valence-electron chi connectivity index (χ0n) is 16.9. The molecule has 3 aromatic carbocycles. The van der Waals surface area contributed by atoms with Gasteiger partial charge < -0.3 is 5.32 Å². The molecule has 0 bridgehead atoms. The number of sulfonamides is 1. The molecule has 1 N–H and O–H groups in total. The summed E-state index contributed by atoms with van der Waals surface area (Å²) in [5, 5.41) is 2.87. The Morgan fingerprint density at radius 2 is 1.57 bits per heavy atom. The smallest absolute Gasteiger partial charge is 0.264 e. The summed E-state index contributed by atoms with van der Waals surface area (Å²) in [4.78, 5) is 14.0. The molecule has 0 unspecified atom stereocenters. The molecule has 0 atom stereocenters. The van der Waals surface area contributed by atoms with Gasteiger partial charge in [0.1, 0.15) is 6.54 Å². The topological polar surface area (TPSA) is 66.5 Å². The maximum Gasteiger partial charge on any atom is 0.264 e. The lowest BCUT2D eigenvalue weighted by Gasteiger charge is -2.25. The first kappa shape index (κ1) is 21.9. The van der Waals surface area contributed by atoms with Crippen LogP contribution in [0.25, 0.3) is 0 Å². The Hall–Kier alpha value is -2.77. The molecule has 0 spiro atoms. The number of nitrogens with zero attached hydrogens (tertiary/aromatic N) is 1. The number of para-hydroxylation sites is 2. The van der Waals surface area contributed by atoms with E-state index >= 15 is 0 Å². The van der Waals surface area contributed by atoms with Gasteiger partial charge in [-0.15, -0.1) is 11.8 Å². The van der Waals surface area contributed by atoms with Crippen molar-refractivity contribution in [2.24, 2.45) is 0 Å². The van der Waals surface area contributed by atoms with E-state index in [-0.39, 0.29) is 11.4 Å². The van der Waals surface area contributed by atoms with Crippen LogP contribution in [0.3, 0.4) is 0 Å². The molecular formula is C23H24N2O3S2. The highest BCUT2D eigenvalue weighted by atomic mass is 32.2. The van der Waals surface area contributed by atoms with Crippen molar-refractivity contribution in [2.45, 2.75) is 23.6 Å². The second-order valence-electron chi connectivity index (χ2n) is 6.59. The standard InChI is InChI=1S/C23H24N2O3S2/c1-3-29-22-16-10-8-14-20(22)24-23(26)17-25(21-15-9-7-11-18(21)2)30(27,28)19-12-5-4-6-13-19/h4-16H,3,17H2,1-2H3,(H,24,26). The Bertz CT molecular complexity index is 1120. The lowest BCUT2D eigenvalue weighted by atomic mass is 10.2. The van der Waals surface area contributed by atoms with E-state index in [1.54, 1.807) is 42.1 Å². The van der Waals surface area contributed by atoms with Crippen LogP contribution in [0.5, 0.6) is 0 Å². The van der Waals surface area contributed by atoms with Crippen molar-refractivity contribution in [3.05, 3.63) is 84.4 Å². The first-order valence-corrected chi connectivity index (χ1v) is 12.0. The van der Waals surface area contributed by atoms with Crippen molar-refractivity contribution in [3.8, 4) is 0 Å². The van der Waals surface area contributed by atoms with Crippen LogP contribution in [-0.4, -0.2) is 26.6 Å². The number of carbonyl (C=O) groups is 1. The van der Waals surface area contributed by atoms with Gasteiger partial charge in [-0.1, -0.05) is 55.5 Å². The van der Waals surface area contributed by atoms with Crippen molar-refractivity contribution >= 4 is 39.1 Å². The Morgan fingerprint density at radius 3 is 2.27 bits per heavy atom. The summed E-state index contributed by atoms with van der Waals surface area (Å²) >= 11 is 1.62. The number of hydrogen-bond acceptors (Lipinski definition) is 4. The number of benzene rings is 3. The summed E-state index contributed by atoms with van der Waals surface area (Å²) in [5.41, 5.74) is 1.93. The zero-order valence-corrected chi connectivity index (χ0v) is 18.5. The second kappa shape index (κ2) is 9.82. The predicted octanol–water partition coefficient (Wildman–Crippen LogP) is 4.94. The average molecular weight is 441 g/mol. The van der Waals surface area contributed by atoms with Gasteiger partial charge in [0.05, 0.1) is 16.3 Å². The quantitative estimate of drug-likeness (QED) is 0.504. The molecule has 0 saturated heterocycles. The van der Waals surface area contributed by atoms with Crippen molar-refractivity contribution in [1.82, 2.24) is 0 Å². The van der Waals surface area contributed by atoms with Gasteiger partial charge in [-0.3, -0.25) is 9.10 Å². The monoisotopic (exact) mass is 440 g/mol. The summed E-state index contributed by atoms with van der Waals surface area (Å²) in [6.07, 6.45) is 0. The van der Waals surface area contributed by atoms with E-state index in [0.29, 0.717) is 11.4 Å². The van der Waals surface area contributed by atoms with Crippen molar-refractivity contribution < 1.29 is 13.2 Å². The number of nitrogens with one attached hydrogen (secondary N) is 1. The fourth-order valence-electron chi connectivity index (χ4n) is 3.03. The average Bonchev–Trinajstić information content (AvgIpc) is 2.75. The summed E-state index contributed by atoms with van der Waals surface area (Å²) in [6.45, 7) is 3.54. The zero-order chi connectivity index (χ0) is 21.6. The normalized spacial score (nSPS) is 11.1. The molecule has 1 amide bonds. The van der Waals surface area contributed by atoms with Crippen LogP contribution in [0, 0.1) is 6.92 Å². The number of rotatable bonds is 8. The highest BCUT2D eigenvalue weighted by Crippen LogP contribution is 2.28. The highest BCUT2D eigenvalue weighted by Gasteiger charge is 2.28.